The van der Waals surface area contributed by atoms with E-state index in [9.17, 15) is 9.59 Å². The minimum atomic E-state index is -1.78. The third kappa shape index (κ3) is 6.67. The first-order valence-corrected chi connectivity index (χ1v) is 17.3. The van der Waals surface area contributed by atoms with Crippen molar-refractivity contribution >= 4 is 58.9 Å². The minimum Gasteiger partial charge on any atom is -0.382 e. The highest BCUT2D eigenvalue weighted by atomic mass is 79.9. The van der Waals surface area contributed by atoms with Gasteiger partial charge in [-0.05, 0) is 58.8 Å². The number of halogens is 1. The molecule has 8 heteroatoms. The van der Waals surface area contributed by atoms with Crippen LogP contribution >= 0.6 is 27.3 Å². The van der Waals surface area contributed by atoms with E-state index in [1.165, 1.54) is 16.9 Å². The number of hydrogen-bond acceptors (Lipinski definition) is 5. The van der Waals surface area contributed by atoms with E-state index in [1.807, 2.05) is 54.8 Å². The van der Waals surface area contributed by atoms with Gasteiger partial charge in [0, 0.05) is 15.8 Å². The van der Waals surface area contributed by atoms with E-state index in [0.29, 0.717) is 10.7 Å². The summed E-state index contributed by atoms with van der Waals surface area (Å²) in [6.45, 7) is 8.49. The molecule has 42 heavy (non-hydrogen) atoms. The van der Waals surface area contributed by atoms with Crippen molar-refractivity contribution < 1.29 is 14.0 Å². The average Bonchev–Trinajstić information content (AvgIpc) is 3.45. The molecule has 1 fully saturated rings. The van der Waals surface area contributed by atoms with Crippen LogP contribution in [0.5, 0.6) is 0 Å². The van der Waals surface area contributed by atoms with Crippen LogP contribution in [0.1, 0.15) is 75.0 Å². The number of aromatic nitrogens is 1. The van der Waals surface area contributed by atoms with Crippen LogP contribution in [-0.4, -0.2) is 26.2 Å². The first-order chi connectivity index (χ1) is 20.1. The molecule has 1 N–H and O–H groups in total. The Morgan fingerprint density at radius 1 is 0.976 bits per heavy atom. The summed E-state index contributed by atoms with van der Waals surface area (Å²) in [6, 6.07) is 26.6. The Morgan fingerprint density at radius 2 is 1.60 bits per heavy atom. The van der Waals surface area contributed by atoms with Crippen LogP contribution in [-0.2, 0) is 24.8 Å². The molecule has 2 atom stereocenters. The van der Waals surface area contributed by atoms with E-state index >= 15 is 0 Å². The first-order valence-electron chi connectivity index (χ1n) is 14.3. The number of rotatable bonds is 10. The molecule has 1 amide bonds. The van der Waals surface area contributed by atoms with Crippen molar-refractivity contribution in [3.05, 3.63) is 111 Å². The summed E-state index contributed by atoms with van der Waals surface area (Å²) < 4.78 is 7.87. The van der Waals surface area contributed by atoms with Crippen molar-refractivity contribution in [2.24, 2.45) is 5.92 Å². The van der Waals surface area contributed by atoms with Crippen molar-refractivity contribution in [2.45, 2.75) is 64.0 Å². The summed E-state index contributed by atoms with van der Waals surface area (Å²) in [5.74, 6) is -0.0106. The van der Waals surface area contributed by atoms with E-state index in [-0.39, 0.29) is 17.2 Å². The molecule has 5 rings (SSSR count). The molecule has 1 heterocycles. The van der Waals surface area contributed by atoms with Gasteiger partial charge in [-0.1, -0.05) is 110 Å². The number of carbonyl (C=O) groups is 2. The Hall–Kier alpha value is -2.91. The summed E-state index contributed by atoms with van der Waals surface area (Å²) in [7, 11) is -1.78. The number of nitrogens with zero attached hydrogens (tertiary/aromatic N) is 1. The van der Waals surface area contributed by atoms with E-state index in [2.05, 4.69) is 78.4 Å². The maximum atomic E-state index is 13.3. The second kappa shape index (κ2) is 12.8. The normalized spacial score (nSPS) is 16.0. The van der Waals surface area contributed by atoms with Gasteiger partial charge < -0.3 is 14.5 Å². The predicted molar refractivity (Wildman–Crippen MR) is 175 cm³/mol. The van der Waals surface area contributed by atoms with E-state index < -0.39 is 20.7 Å². The summed E-state index contributed by atoms with van der Waals surface area (Å²) in [5, 5.41) is 7.90. The quantitative estimate of drug-likeness (QED) is 0.121. The van der Waals surface area contributed by atoms with Crippen molar-refractivity contribution in [3.63, 3.8) is 0 Å². The van der Waals surface area contributed by atoms with Crippen LogP contribution in [0.4, 0.5) is 0 Å². The molecule has 1 aliphatic carbocycles. The SMILES string of the molecule is CC(C)(C)c1ccc([Si](OC(NC(=O)C2CCC2)c2nc(C(C)(C=O)c3ccc(Br)cc3)cs2)c2ccccc2)cc1. The topological polar surface area (TPSA) is 68.3 Å². The first kappa shape index (κ1) is 30.5. The van der Waals surface area contributed by atoms with Crippen LogP contribution in [0.2, 0.25) is 0 Å². The molecule has 0 spiro atoms. The molecule has 1 radical (unpaired) electrons. The Bertz CT molecular complexity index is 1520. The van der Waals surface area contributed by atoms with Gasteiger partial charge >= 0.3 is 0 Å². The molecule has 217 valence electrons. The molecule has 5 nitrogen and oxygen atoms in total. The Labute approximate surface area is 262 Å². The zero-order valence-corrected chi connectivity index (χ0v) is 27.8. The van der Waals surface area contributed by atoms with Crippen LogP contribution < -0.4 is 15.7 Å². The molecule has 0 saturated heterocycles. The molecule has 1 aromatic heterocycles. The maximum absolute atomic E-state index is 13.3. The van der Waals surface area contributed by atoms with Crippen molar-refractivity contribution in [1.82, 2.24) is 10.3 Å². The molecule has 4 aromatic rings. The number of thiazole rings is 1. The van der Waals surface area contributed by atoms with Gasteiger partial charge in [0.05, 0.1) is 11.1 Å². The second-order valence-electron chi connectivity index (χ2n) is 12.1. The molecule has 1 aliphatic rings. The van der Waals surface area contributed by atoms with Gasteiger partial charge in [0.25, 0.3) is 9.04 Å². The monoisotopic (exact) mass is 659 g/mol. The lowest BCUT2D eigenvalue weighted by Gasteiger charge is -2.29. The molecule has 2 unspecified atom stereocenters. The highest BCUT2D eigenvalue weighted by Gasteiger charge is 2.35. The Balaban J connectivity index is 1.52. The lowest BCUT2D eigenvalue weighted by molar-refractivity contribution is -0.130. The molecular weight excluding hydrogens is 624 g/mol. The zero-order valence-electron chi connectivity index (χ0n) is 24.4. The lowest BCUT2D eigenvalue weighted by Crippen LogP contribution is -2.49. The lowest BCUT2D eigenvalue weighted by atomic mass is 9.81. The van der Waals surface area contributed by atoms with Crippen molar-refractivity contribution in [1.29, 1.82) is 0 Å². The third-order valence-corrected chi connectivity index (χ3v) is 11.6. The number of aldehydes is 1. The van der Waals surface area contributed by atoms with E-state index in [1.54, 1.807) is 0 Å². The largest absolute Gasteiger partial charge is 0.382 e. The summed E-state index contributed by atoms with van der Waals surface area (Å²) >= 11 is 4.89. The van der Waals surface area contributed by atoms with Crippen LogP contribution in [0.15, 0.2) is 88.7 Å². The minimum absolute atomic E-state index is 0.00277. The van der Waals surface area contributed by atoms with Gasteiger partial charge in [-0.2, -0.15) is 0 Å². The Kier molecular flexibility index (Phi) is 9.28. The zero-order chi connectivity index (χ0) is 29.9. The second-order valence-corrected chi connectivity index (χ2v) is 15.9. The van der Waals surface area contributed by atoms with Gasteiger partial charge in [0.2, 0.25) is 5.91 Å². The van der Waals surface area contributed by atoms with E-state index in [0.717, 1.165) is 46.0 Å². The molecular formula is C34H36BrN2O3SSi. The summed E-state index contributed by atoms with van der Waals surface area (Å²) in [5.41, 5.74) is 1.83. The standard InChI is InChI=1S/C34H36BrN2O3SSi/c1-33(2,3)24-15-19-28(20-16-24)42(27-11-6-5-7-12-27)40-31(37-30(39)23-9-8-10-23)32-36-29(21-41-32)34(4,22-38)25-13-17-26(35)18-14-25/h5-7,11-23,31H,8-10H2,1-4H3,(H,37,39). The number of amides is 1. The maximum Gasteiger partial charge on any atom is 0.285 e. The number of nitrogens with one attached hydrogen (secondary N) is 1. The fourth-order valence-corrected chi connectivity index (χ4v) is 8.15. The Morgan fingerprint density at radius 3 is 2.17 bits per heavy atom. The van der Waals surface area contributed by atoms with Crippen molar-refractivity contribution in [3.8, 4) is 0 Å². The fourth-order valence-electron chi connectivity index (χ4n) is 4.91. The van der Waals surface area contributed by atoms with Gasteiger partial charge in [-0.15, -0.1) is 11.3 Å². The van der Waals surface area contributed by atoms with Crippen LogP contribution in [0.25, 0.3) is 0 Å². The van der Waals surface area contributed by atoms with Crippen LogP contribution in [0, 0.1) is 5.92 Å². The smallest absolute Gasteiger partial charge is 0.285 e. The van der Waals surface area contributed by atoms with Crippen molar-refractivity contribution in [2.75, 3.05) is 0 Å². The van der Waals surface area contributed by atoms with Gasteiger partial charge in [-0.3, -0.25) is 4.79 Å². The molecule has 0 bridgehead atoms. The fraction of sp³-hybridized carbons (Fsp3) is 0.324. The highest BCUT2D eigenvalue weighted by molar-refractivity contribution is 9.10. The van der Waals surface area contributed by atoms with Gasteiger partial charge in [0.1, 0.15) is 11.3 Å². The average molecular weight is 661 g/mol. The number of hydrogen-bond donors (Lipinski definition) is 1. The van der Waals surface area contributed by atoms with E-state index in [4.69, 9.17) is 9.41 Å². The molecule has 1 saturated carbocycles. The summed E-state index contributed by atoms with van der Waals surface area (Å²) in [4.78, 5) is 30.7. The predicted octanol–water partition coefficient (Wildman–Crippen LogP) is 6.45. The molecule has 3 aromatic carbocycles. The highest BCUT2D eigenvalue weighted by Crippen LogP contribution is 2.34. The third-order valence-electron chi connectivity index (χ3n) is 7.99. The van der Waals surface area contributed by atoms with Crippen LogP contribution in [0.3, 0.4) is 0 Å². The number of benzene rings is 3. The summed E-state index contributed by atoms with van der Waals surface area (Å²) in [6.07, 6.45) is 3.04. The van der Waals surface area contributed by atoms with Gasteiger partial charge in [0.15, 0.2) is 6.23 Å². The molecule has 0 aliphatic heterocycles. The van der Waals surface area contributed by atoms with Gasteiger partial charge in [-0.25, -0.2) is 4.98 Å². The number of carbonyl (C=O) groups excluding carboxylic acids is 2.